The molecule has 2 aromatic carbocycles. The van der Waals surface area contributed by atoms with Crippen LogP contribution in [0.3, 0.4) is 0 Å². The van der Waals surface area contributed by atoms with E-state index < -0.39 is 23.2 Å². The Morgan fingerprint density at radius 2 is 1.82 bits per heavy atom. The second-order valence-electron chi connectivity index (χ2n) is 4.91. The highest BCUT2D eigenvalue weighted by Gasteiger charge is 2.38. The average molecular weight is 320 g/mol. The zero-order chi connectivity index (χ0) is 15.9. The highest BCUT2D eigenvalue weighted by Crippen LogP contribution is 2.32. The Balaban J connectivity index is 2.10. The first kappa shape index (κ1) is 14.6. The molecule has 3 aromatic rings. The third-order valence-corrected chi connectivity index (χ3v) is 3.88. The van der Waals surface area contributed by atoms with Gasteiger partial charge >= 0.3 is 5.97 Å². The number of para-hydroxylation sites is 1. The van der Waals surface area contributed by atoms with Crippen LogP contribution in [0, 0.1) is 0 Å². The minimum Gasteiger partial charge on any atom is -0.481 e. The normalized spacial score (nSPS) is 11.9. The van der Waals surface area contributed by atoms with Gasteiger partial charge in [0, 0.05) is 10.8 Å². The second-order valence-corrected chi connectivity index (χ2v) is 5.32. The van der Waals surface area contributed by atoms with Crippen molar-refractivity contribution < 1.29 is 23.1 Å². The van der Waals surface area contributed by atoms with Crippen LogP contribution >= 0.6 is 12.2 Å². The van der Waals surface area contributed by atoms with E-state index in [-0.39, 0.29) is 5.56 Å². The van der Waals surface area contributed by atoms with Gasteiger partial charge in [0.05, 0.1) is 4.86 Å². The molecule has 0 amide bonds. The van der Waals surface area contributed by atoms with Gasteiger partial charge in [0.15, 0.2) is 0 Å². The summed E-state index contributed by atoms with van der Waals surface area (Å²) in [4.78, 5) is 9.86. The number of benzene rings is 2. The Kier molecular flexibility index (Phi) is 3.41. The molecule has 1 heterocycles. The molecule has 0 bridgehead atoms. The average Bonchev–Trinajstić information content (AvgIpc) is 2.82. The lowest BCUT2D eigenvalue weighted by Gasteiger charge is -2.15. The molecular weight excluding hydrogens is 310 g/mol. The maximum absolute atomic E-state index is 13.8. The van der Waals surface area contributed by atoms with Crippen LogP contribution in [0.25, 0.3) is 21.9 Å². The molecule has 3 rings (SSSR count). The number of hydrogen-bond acceptors (Lipinski definition) is 3. The first-order valence-corrected chi connectivity index (χ1v) is 6.85. The van der Waals surface area contributed by atoms with Gasteiger partial charge < -0.3 is 9.52 Å². The fourth-order valence-electron chi connectivity index (χ4n) is 2.35. The minimum atomic E-state index is -3.58. The summed E-state index contributed by atoms with van der Waals surface area (Å²) < 4.78 is 33.3. The van der Waals surface area contributed by atoms with E-state index in [0.29, 0.717) is 16.6 Å². The number of thiocarbonyl (C=S) groups is 1. The zero-order valence-electron chi connectivity index (χ0n) is 11.2. The van der Waals surface area contributed by atoms with Crippen molar-refractivity contribution in [3.05, 3.63) is 48.0 Å². The van der Waals surface area contributed by atoms with Crippen molar-refractivity contribution >= 4 is 45.0 Å². The summed E-state index contributed by atoms with van der Waals surface area (Å²) in [6.07, 6.45) is -1.32. The van der Waals surface area contributed by atoms with E-state index in [2.05, 4.69) is 0 Å². The van der Waals surface area contributed by atoms with Crippen LogP contribution in [0.1, 0.15) is 12.0 Å². The fraction of sp³-hybridized carbons (Fsp3) is 0.125. The van der Waals surface area contributed by atoms with Crippen molar-refractivity contribution in [1.29, 1.82) is 0 Å². The van der Waals surface area contributed by atoms with E-state index in [9.17, 15) is 13.6 Å². The molecule has 0 radical (unpaired) electrons. The van der Waals surface area contributed by atoms with Crippen LogP contribution in [-0.2, 0) is 4.79 Å². The SMILES string of the molecule is O=C(O)CC(F)(F)C(=S)c1ccc2oc3ccccc3c2c1. The van der Waals surface area contributed by atoms with Crippen LogP contribution in [0.5, 0.6) is 0 Å². The molecule has 6 heteroatoms. The van der Waals surface area contributed by atoms with Crippen LogP contribution < -0.4 is 0 Å². The number of carbonyl (C=O) groups is 1. The molecule has 0 spiro atoms. The summed E-state index contributed by atoms with van der Waals surface area (Å²) in [6.45, 7) is 0. The first-order chi connectivity index (χ1) is 10.4. The van der Waals surface area contributed by atoms with Crippen LogP contribution in [-0.4, -0.2) is 21.9 Å². The summed E-state index contributed by atoms with van der Waals surface area (Å²) in [5.41, 5.74) is 1.34. The van der Waals surface area contributed by atoms with Gasteiger partial charge in [0.1, 0.15) is 17.6 Å². The zero-order valence-corrected chi connectivity index (χ0v) is 12.0. The lowest BCUT2D eigenvalue weighted by Crippen LogP contribution is -2.30. The molecule has 22 heavy (non-hydrogen) atoms. The van der Waals surface area contributed by atoms with Crippen molar-refractivity contribution in [1.82, 2.24) is 0 Å². The number of alkyl halides is 2. The fourth-order valence-corrected chi connectivity index (χ4v) is 2.55. The molecule has 0 aliphatic carbocycles. The number of rotatable bonds is 4. The molecule has 3 nitrogen and oxygen atoms in total. The lowest BCUT2D eigenvalue weighted by atomic mass is 10.0. The molecule has 0 saturated carbocycles. The molecule has 0 saturated heterocycles. The molecule has 0 fully saturated rings. The Labute approximate surface area is 129 Å². The number of fused-ring (bicyclic) bond motifs is 3. The maximum Gasteiger partial charge on any atom is 0.309 e. The van der Waals surface area contributed by atoms with Gasteiger partial charge in [-0.3, -0.25) is 4.79 Å². The highest BCUT2D eigenvalue weighted by atomic mass is 32.1. The van der Waals surface area contributed by atoms with Crippen molar-refractivity contribution in [2.45, 2.75) is 12.3 Å². The molecule has 0 aliphatic rings. The van der Waals surface area contributed by atoms with Gasteiger partial charge in [-0.15, -0.1) is 0 Å². The van der Waals surface area contributed by atoms with Gasteiger partial charge in [-0.1, -0.05) is 30.4 Å². The minimum absolute atomic E-state index is 0.125. The largest absolute Gasteiger partial charge is 0.481 e. The summed E-state index contributed by atoms with van der Waals surface area (Å²) in [5.74, 6) is -5.17. The monoisotopic (exact) mass is 320 g/mol. The molecule has 1 aromatic heterocycles. The van der Waals surface area contributed by atoms with E-state index in [1.54, 1.807) is 12.1 Å². The molecular formula is C16H10F2O3S. The number of hydrogen-bond donors (Lipinski definition) is 1. The third kappa shape index (κ3) is 2.46. The molecule has 0 atom stereocenters. The molecule has 1 N–H and O–H groups in total. The predicted molar refractivity (Wildman–Crippen MR) is 82.6 cm³/mol. The van der Waals surface area contributed by atoms with Crippen LogP contribution in [0.2, 0.25) is 0 Å². The summed E-state index contributed by atoms with van der Waals surface area (Å²) in [7, 11) is 0. The molecule has 0 aliphatic heterocycles. The standard InChI is InChI=1S/C16H10F2O3S/c17-16(18,8-14(19)20)15(22)9-5-6-13-11(7-9)10-3-1-2-4-12(10)21-13/h1-7H,8H2,(H,19,20). The predicted octanol–water partition coefficient (Wildman–Crippen LogP) is 4.41. The number of carboxylic acid groups (broad SMARTS) is 1. The first-order valence-electron chi connectivity index (χ1n) is 6.44. The van der Waals surface area contributed by atoms with Gasteiger partial charge in [0.25, 0.3) is 5.92 Å². The van der Waals surface area contributed by atoms with E-state index in [0.717, 1.165) is 5.39 Å². The quantitative estimate of drug-likeness (QED) is 0.571. The number of carboxylic acids is 1. The number of furan rings is 1. The Morgan fingerprint density at radius 3 is 2.55 bits per heavy atom. The Bertz CT molecular complexity index is 899. The number of halogens is 2. The molecule has 0 unspecified atom stereocenters. The van der Waals surface area contributed by atoms with Crippen molar-refractivity contribution in [3.63, 3.8) is 0 Å². The maximum atomic E-state index is 13.8. The topological polar surface area (TPSA) is 50.4 Å². The summed E-state index contributed by atoms with van der Waals surface area (Å²) in [5, 5.41) is 10.0. The third-order valence-electron chi connectivity index (χ3n) is 3.34. The van der Waals surface area contributed by atoms with Gasteiger partial charge in [-0.05, 0) is 29.8 Å². The van der Waals surface area contributed by atoms with E-state index >= 15 is 0 Å². The van der Waals surface area contributed by atoms with E-state index in [1.807, 2.05) is 18.2 Å². The number of aliphatic carboxylic acids is 1. The van der Waals surface area contributed by atoms with E-state index in [4.69, 9.17) is 21.7 Å². The van der Waals surface area contributed by atoms with Crippen molar-refractivity contribution in [2.75, 3.05) is 0 Å². The van der Waals surface area contributed by atoms with Crippen LogP contribution in [0.15, 0.2) is 46.9 Å². The Morgan fingerprint density at radius 1 is 1.14 bits per heavy atom. The van der Waals surface area contributed by atoms with Gasteiger partial charge in [-0.25, -0.2) is 0 Å². The lowest BCUT2D eigenvalue weighted by molar-refractivity contribution is -0.141. The van der Waals surface area contributed by atoms with Gasteiger partial charge in [-0.2, -0.15) is 8.78 Å². The summed E-state index contributed by atoms with van der Waals surface area (Å²) in [6, 6.07) is 11.7. The highest BCUT2D eigenvalue weighted by molar-refractivity contribution is 7.81. The van der Waals surface area contributed by atoms with Crippen molar-refractivity contribution in [2.24, 2.45) is 0 Å². The van der Waals surface area contributed by atoms with E-state index in [1.165, 1.54) is 12.1 Å². The second kappa shape index (κ2) is 5.14. The molecule has 112 valence electrons. The Hall–Kier alpha value is -2.34. The van der Waals surface area contributed by atoms with Crippen molar-refractivity contribution in [3.8, 4) is 0 Å². The smallest absolute Gasteiger partial charge is 0.309 e. The van der Waals surface area contributed by atoms with Gasteiger partial charge in [0.2, 0.25) is 0 Å². The van der Waals surface area contributed by atoms with Crippen LogP contribution in [0.4, 0.5) is 8.78 Å². The summed E-state index contributed by atoms with van der Waals surface area (Å²) >= 11 is 4.79.